The lowest BCUT2D eigenvalue weighted by molar-refractivity contribution is -0.134. The molecule has 0 aliphatic heterocycles. The molecule has 2 amide bonds. The smallest absolute Gasteiger partial charge is 0.244 e. The maximum absolute atomic E-state index is 12.0. The number of likely N-dealkylation sites (N-methyl/N-ethyl adjacent to an activating group) is 1. The van der Waals surface area contributed by atoms with Crippen molar-refractivity contribution in [3.8, 4) is 0 Å². The number of hydrogen-bond acceptors (Lipinski definition) is 4. The van der Waals surface area contributed by atoms with Crippen molar-refractivity contribution in [1.82, 2.24) is 15.2 Å². The van der Waals surface area contributed by atoms with E-state index in [-0.39, 0.29) is 18.4 Å². The zero-order valence-corrected chi connectivity index (χ0v) is 11.3. The molecular weight excluding hydrogens is 244 g/mol. The van der Waals surface area contributed by atoms with Gasteiger partial charge in [-0.3, -0.25) is 14.6 Å². The van der Waals surface area contributed by atoms with Crippen molar-refractivity contribution in [1.29, 1.82) is 0 Å². The van der Waals surface area contributed by atoms with Gasteiger partial charge in [-0.1, -0.05) is 6.07 Å². The van der Waals surface area contributed by atoms with Crippen molar-refractivity contribution in [3.63, 3.8) is 0 Å². The van der Waals surface area contributed by atoms with Crippen molar-refractivity contribution >= 4 is 11.8 Å². The van der Waals surface area contributed by atoms with E-state index in [1.807, 2.05) is 18.2 Å². The van der Waals surface area contributed by atoms with Crippen molar-refractivity contribution in [3.05, 3.63) is 30.1 Å². The number of carbonyl (C=O) groups excluding carboxylic acids is 2. The van der Waals surface area contributed by atoms with Crippen LogP contribution in [0.2, 0.25) is 0 Å². The van der Waals surface area contributed by atoms with Crippen LogP contribution in [0.15, 0.2) is 24.4 Å². The molecule has 0 saturated carbocycles. The summed E-state index contributed by atoms with van der Waals surface area (Å²) in [6.45, 7) is 2.08. The average Bonchev–Trinajstić information content (AvgIpc) is 2.44. The fourth-order valence-corrected chi connectivity index (χ4v) is 1.63. The van der Waals surface area contributed by atoms with Gasteiger partial charge in [0.15, 0.2) is 0 Å². The number of nitrogens with one attached hydrogen (secondary N) is 1. The van der Waals surface area contributed by atoms with Gasteiger partial charge in [0.2, 0.25) is 11.8 Å². The summed E-state index contributed by atoms with van der Waals surface area (Å²) in [5.41, 5.74) is 6.12. The summed E-state index contributed by atoms with van der Waals surface area (Å²) in [5.74, 6) is -0.475. The van der Waals surface area contributed by atoms with Gasteiger partial charge < -0.3 is 16.0 Å². The minimum Gasteiger partial charge on any atom is -0.344 e. The second kappa shape index (κ2) is 7.48. The fraction of sp³-hybridized carbons (Fsp3) is 0.462. The Kier molecular flexibility index (Phi) is 5.95. The number of rotatable bonds is 6. The summed E-state index contributed by atoms with van der Waals surface area (Å²) in [6, 6.07) is 5.11. The number of hydrogen-bond donors (Lipinski definition) is 2. The molecule has 1 aromatic heterocycles. The van der Waals surface area contributed by atoms with Gasteiger partial charge >= 0.3 is 0 Å². The quantitative estimate of drug-likeness (QED) is 0.728. The Balaban J connectivity index is 2.42. The van der Waals surface area contributed by atoms with Gasteiger partial charge in [-0.15, -0.1) is 0 Å². The van der Waals surface area contributed by atoms with Crippen molar-refractivity contribution in [2.24, 2.45) is 5.73 Å². The topological polar surface area (TPSA) is 88.3 Å². The molecule has 6 nitrogen and oxygen atoms in total. The highest BCUT2D eigenvalue weighted by molar-refractivity contribution is 5.87. The molecule has 1 rings (SSSR count). The average molecular weight is 264 g/mol. The number of aromatic nitrogens is 1. The summed E-state index contributed by atoms with van der Waals surface area (Å²) in [7, 11) is 1.70. The van der Waals surface area contributed by atoms with E-state index in [1.165, 1.54) is 0 Å². The van der Waals surface area contributed by atoms with Gasteiger partial charge in [-0.2, -0.15) is 0 Å². The largest absolute Gasteiger partial charge is 0.344 e. The number of pyridine rings is 1. The van der Waals surface area contributed by atoms with Crippen LogP contribution in [0.3, 0.4) is 0 Å². The summed E-state index contributed by atoms with van der Waals surface area (Å²) in [5, 5.41) is 2.54. The molecule has 19 heavy (non-hydrogen) atoms. The highest BCUT2D eigenvalue weighted by Crippen LogP contribution is 1.98. The predicted molar refractivity (Wildman–Crippen MR) is 72.2 cm³/mol. The van der Waals surface area contributed by atoms with Gasteiger partial charge in [0.25, 0.3) is 0 Å². The lowest BCUT2D eigenvalue weighted by atomic mass is 10.2. The first-order valence-electron chi connectivity index (χ1n) is 6.19. The van der Waals surface area contributed by atoms with E-state index in [2.05, 4.69) is 10.3 Å². The number of nitrogens with two attached hydrogens (primary N) is 1. The summed E-state index contributed by atoms with van der Waals surface area (Å²) in [4.78, 5) is 28.8. The highest BCUT2D eigenvalue weighted by atomic mass is 16.2. The Hall–Kier alpha value is -1.95. The molecule has 1 atom stereocenters. The molecule has 104 valence electrons. The molecule has 6 heteroatoms. The van der Waals surface area contributed by atoms with Gasteiger partial charge in [-0.25, -0.2) is 0 Å². The Labute approximate surface area is 113 Å². The van der Waals surface area contributed by atoms with E-state index in [4.69, 9.17) is 5.73 Å². The van der Waals surface area contributed by atoms with Crippen LogP contribution < -0.4 is 11.1 Å². The fourth-order valence-electron chi connectivity index (χ4n) is 1.63. The zero-order chi connectivity index (χ0) is 14.3. The van der Waals surface area contributed by atoms with Gasteiger partial charge in [-0.05, 0) is 19.1 Å². The Morgan fingerprint density at radius 1 is 1.47 bits per heavy atom. The summed E-state index contributed by atoms with van der Waals surface area (Å²) < 4.78 is 0. The maximum atomic E-state index is 12.0. The van der Waals surface area contributed by atoms with Crippen LogP contribution in [0.1, 0.15) is 12.6 Å². The van der Waals surface area contributed by atoms with Crippen LogP contribution in [0.4, 0.5) is 0 Å². The van der Waals surface area contributed by atoms with E-state index in [9.17, 15) is 9.59 Å². The van der Waals surface area contributed by atoms with E-state index in [0.29, 0.717) is 13.0 Å². The zero-order valence-electron chi connectivity index (χ0n) is 11.3. The van der Waals surface area contributed by atoms with Gasteiger partial charge in [0.1, 0.15) is 6.04 Å². The number of carbonyl (C=O) groups is 2. The predicted octanol–water partition coefficient (Wildman–Crippen LogP) is -0.454. The molecule has 0 radical (unpaired) electrons. The molecule has 1 heterocycles. The van der Waals surface area contributed by atoms with Crippen molar-refractivity contribution in [2.75, 3.05) is 20.1 Å². The van der Waals surface area contributed by atoms with Crippen LogP contribution in [0.5, 0.6) is 0 Å². The van der Waals surface area contributed by atoms with Crippen LogP contribution in [-0.2, 0) is 16.0 Å². The summed E-state index contributed by atoms with van der Waals surface area (Å²) >= 11 is 0. The van der Waals surface area contributed by atoms with Crippen LogP contribution in [-0.4, -0.2) is 47.9 Å². The maximum Gasteiger partial charge on any atom is 0.244 e. The Bertz CT molecular complexity index is 422. The lowest BCUT2D eigenvalue weighted by Gasteiger charge is -2.21. The first-order chi connectivity index (χ1) is 9.04. The van der Waals surface area contributed by atoms with Crippen LogP contribution in [0.25, 0.3) is 0 Å². The van der Waals surface area contributed by atoms with E-state index < -0.39 is 6.04 Å². The van der Waals surface area contributed by atoms with Crippen molar-refractivity contribution < 1.29 is 9.59 Å². The highest BCUT2D eigenvalue weighted by Gasteiger charge is 2.18. The molecule has 0 saturated heterocycles. The monoisotopic (exact) mass is 264 g/mol. The molecule has 0 fully saturated rings. The molecule has 0 aliphatic rings. The third-order valence-corrected chi connectivity index (χ3v) is 2.74. The first-order valence-corrected chi connectivity index (χ1v) is 6.19. The second-order valence-corrected chi connectivity index (χ2v) is 4.32. The molecule has 3 N–H and O–H groups in total. The van der Waals surface area contributed by atoms with Crippen molar-refractivity contribution in [2.45, 2.75) is 19.4 Å². The minimum atomic E-state index is -0.565. The van der Waals surface area contributed by atoms with Gasteiger partial charge in [0, 0.05) is 31.9 Å². The van der Waals surface area contributed by atoms with E-state index in [0.717, 1.165) is 5.69 Å². The number of amides is 2. The molecule has 0 aliphatic carbocycles. The summed E-state index contributed by atoms with van der Waals surface area (Å²) in [6.07, 6.45) is 2.40. The minimum absolute atomic E-state index is 0.116. The number of nitrogens with zero attached hydrogens (tertiary/aromatic N) is 2. The molecule has 0 unspecified atom stereocenters. The Morgan fingerprint density at radius 2 is 2.21 bits per heavy atom. The SMILES string of the molecule is C[C@H](NC(=O)CN)C(=O)N(C)CCc1ccccn1. The van der Waals surface area contributed by atoms with Gasteiger partial charge in [0.05, 0.1) is 6.54 Å². The third kappa shape index (κ3) is 5.05. The normalized spacial score (nSPS) is 11.7. The Morgan fingerprint density at radius 3 is 2.79 bits per heavy atom. The van der Waals surface area contributed by atoms with E-state index in [1.54, 1.807) is 25.1 Å². The van der Waals surface area contributed by atoms with Crippen LogP contribution >= 0.6 is 0 Å². The molecule has 0 bridgehead atoms. The first kappa shape index (κ1) is 15.1. The van der Waals surface area contributed by atoms with Crippen LogP contribution in [0, 0.1) is 0 Å². The third-order valence-electron chi connectivity index (χ3n) is 2.74. The molecule has 1 aromatic rings. The molecule has 0 spiro atoms. The molecular formula is C13H20N4O2. The van der Waals surface area contributed by atoms with E-state index >= 15 is 0 Å². The molecule has 0 aromatic carbocycles. The second-order valence-electron chi connectivity index (χ2n) is 4.32. The lowest BCUT2D eigenvalue weighted by Crippen LogP contribution is -2.47. The standard InChI is InChI=1S/C13H20N4O2/c1-10(16-12(18)9-14)13(19)17(2)8-6-11-5-3-4-7-15-11/h3-5,7,10H,6,8-9,14H2,1-2H3,(H,16,18)/t10-/m0/s1.